The Kier molecular flexibility index (Phi) is 6.15. The summed E-state index contributed by atoms with van der Waals surface area (Å²) in [6, 6.07) is 22.7. The molecule has 0 fully saturated rings. The molecule has 1 amide bonds. The number of pyridine rings is 2. The molecule has 0 unspecified atom stereocenters. The number of amides is 1. The SMILES string of the molecule is CCc1cc([C@@H](Nc2ccccn2)c2ccccn2)c(NC(=O)c2ccccc2)s1. The van der Waals surface area contributed by atoms with Crippen LogP contribution < -0.4 is 10.6 Å². The summed E-state index contributed by atoms with van der Waals surface area (Å²) in [7, 11) is 0. The van der Waals surface area contributed by atoms with Crippen molar-refractivity contribution in [2.75, 3.05) is 10.6 Å². The molecule has 0 aliphatic heterocycles. The van der Waals surface area contributed by atoms with E-state index in [0.29, 0.717) is 5.56 Å². The lowest BCUT2D eigenvalue weighted by Gasteiger charge is -2.20. The second-order valence-corrected chi connectivity index (χ2v) is 7.85. The van der Waals surface area contributed by atoms with Gasteiger partial charge in [-0.2, -0.15) is 0 Å². The zero-order valence-corrected chi connectivity index (χ0v) is 17.4. The number of thiophene rings is 1. The minimum atomic E-state index is -0.247. The molecule has 5 nitrogen and oxygen atoms in total. The molecule has 0 spiro atoms. The van der Waals surface area contributed by atoms with Gasteiger partial charge in [-0.05, 0) is 48.9 Å². The lowest BCUT2D eigenvalue weighted by Crippen LogP contribution is -2.17. The second-order valence-electron chi connectivity index (χ2n) is 6.72. The molecule has 1 aromatic carbocycles. The van der Waals surface area contributed by atoms with Crippen molar-refractivity contribution in [1.29, 1.82) is 0 Å². The van der Waals surface area contributed by atoms with E-state index >= 15 is 0 Å². The van der Waals surface area contributed by atoms with Crippen LogP contribution in [0.4, 0.5) is 10.8 Å². The summed E-state index contributed by atoms with van der Waals surface area (Å²) in [5.41, 5.74) is 2.46. The predicted molar refractivity (Wildman–Crippen MR) is 122 cm³/mol. The van der Waals surface area contributed by atoms with E-state index in [0.717, 1.165) is 28.5 Å². The van der Waals surface area contributed by atoms with Crippen LogP contribution in [0.2, 0.25) is 0 Å². The van der Waals surface area contributed by atoms with Gasteiger partial charge in [0.2, 0.25) is 0 Å². The molecular formula is C24H22N4OS. The number of hydrogen-bond donors (Lipinski definition) is 2. The van der Waals surface area contributed by atoms with Gasteiger partial charge in [0, 0.05) is 28.4 Å². The molecule has 0 aliphatic carbocycles. The Bertz CT molecular complexity index is 1100. The topological polar surface area (TPSA) is 66.9 Å². The van der Waals surface area contributed by atoms with Gasteiger partial charge in [-0.3, -0.25) is 9.78 Å². The molecule has 1 atom stereocenters. The number of rotatable bonds is 7. The zero-order chi connectivity index (χ0) is 20.8. The first-order valence-corrected chi connectivity index (χ1v) is 10.6. The van der Waals surface area contributed by atoms with Crippen LogP contribution in [0, 0.1) is 0 Å². The number of anilines is 2. The highest BCUT2D eigenvalue weighted by Gasteiger charge is 2.23. The minimum Gasteiger partial charge on any atom is -0.357 e. The molecule has 0 saturated carbocycles. The van der Waals surface area contributed by atoms with Crippen molar-refractivity contribution in [3.63, 3.8) is 0 Å². The summed E-state index contributed by atoms with van der Waals surface area (Å²) >= 11 is 1.60. The van der Waals surface area contributed by atoms with Gasteiger partial charge in [0.1, 0.15) is 10.8 Å². The van der Waals surface area contributed by atoms with Crippen LogP contribution in [0.25, 0.3) is 0 Å². The fourth-order valence-electron chi connectivity index (χ4n) is 3.16. The standard InChI is InChI=1S/C24H22N4OS/c1-2-18-16-19(24(30-18)28-23(29)17-10-4-3-5-11-17)22(20-12-6-8-14-25-20)27-21-13-7-9-15-26-21/h3-16,22H,2H2,1H3,(H,26,27)(H,28,29)/t22-/m1/s1. The molecule has 30 heavy (non-hydrogen) atoms. The van der Waals surface area contributed by atoms with Crippen LogP contribution in [-0.4, -0.2) is 15.9 Å². The number of nitrogens with zero attached hydrogens (tertiary/aromatic N) is 2. The summed E-state index contributed by atoms with van der Waals surface area (Å²) in [6.45, 7) is 2.11. The monoisotopic (exact) mass is 414 g/mol. The predicted octanol–water partition coefficient (Wildman–Crippen LogP) is 5.55. The third-order valence-electron chi connectivity index (χ3n) is 4.67. The molecule has 4 rings (SSSR count). The summed E-state index contributed by atoms with van der Waals surface area (Å²) in [5.74, 6) is 0.622. The maximum atomic E-state index is 12.8. The molecule has 0 aliphatic rings. The van der Waals surface area contributed by atoms with Crippen molar-refractivity contribution < 1.29 is 4.79 Å². The highest BCUT2D eigenvalue weighted by molar-refractivity contribution is 7.16. The van der Waals surface area contributed by atoms with Crippen LogP contribution in [0.15, 0.2) is 85.2 Å². The van der Waals surface area contributed by atoms with Crippen LogP contribution in [0.3, 0.4) is 0 Å². The van der Waals surface area contributed by atoms with Crippen LogP contribution in [0.1, 0.15) is 39.5 Å². The molecule has 3 aromatic heterocycles. The highest BCUT2D eigenvalue weighted by atomic mass is 32.1. The van der Waals surface area contributed by atoms with Crippen LogP contribution in [-0.2, 0) is 6.42 Å². The smallest absolute Gasteiger partial charge is 0.256 e. The van der Waals surface area contributed by atoms with Crippen molar-refractivity contribution in [2.45, 2.75) is 19.4 Å². The fraction of sp³-hybridized carbons (Fsp3) is 0.125. The minimum absolute atomic E-state index is 0.126. The van der Waals surface area contributed by atoms with E-state index in [1.165, 1.54) is 4.88 Å². The third kappa shape index (κ3) is 4.55. The maximum absolute atomic E-state index is 12.8. The lowest BCUT2D eigenvalue weighted by molar-refractivity contribution is 0.102. The normalized spacial score (nSPS) is 11.6. The summed E-state index contributed by atoms with van der Waals surface area (Å²) in [4.78, 5) is 23.0. The van der Waals surface area contributed by atoms with E-state index in [4.69, 9.17) is 0 Å². The van der Waals surface area contributed by atoms with Gasteiger partial charge < -0.3 is 10.6 Å². The number of benzene rings is 1. The van der Waals surface area contributed by atoms with Gasteiger partial charge in [-0.1, -0.05) is 37.3 Å². The van der Waals surface area contributed by atoms with Gasteiger partial charge >= 0.3 is 0 Å². The molecule has 2 N–H and O–H groups in total. The van der Waals surface area contributed by atoms with Gasteiger partial charge in [0.15, 0.2) is 0 Å². The van der Waals surface area contributed by atoms with Gasteiger partial charge in [0.05, 0.1) is 11.7 Å². The number of carbonyl (C=O) groups excluding carboxylic acids is 1. The van der Waals surface area contributed by atoms with Crippen molar-refractivity contribution in [1.82, 2.24) is 9.97 Å². The summed E-state index contributed by atoms with van der Waals surface area (Å²) in [6.07, 6.45) is 4.41. The molecule has 0 bridgehead atoms. The molecule has 0 saturated heterocycles. The van der Waals surface area contributed by atoms with E-state index in [-0.39, 0.29) is 11.9 Å². The Hall–Kier alpha value is -3.51. The van der Waals surface area contributed by atoms with E-state index in [9.17, 15) is 4.79 Å². The zero-order valence-electron chi connectivity index (χ0n) is 16.6. The van der Waals surface area contributed by atoms with Crippen molar-refractivity contribution in [3.05, 3.63) is 107 Å². The third-order valence-corrected chi connectivity index (χ3v) is 5.89. The van der Waals surface area contributed by atoms with E-state index < -0.39 is 0 Å². The summed E-state index contributed by atoms with van der Waals surface area (Å²) in [5, 5.41) is 7.41. The van der Waals surface area contributed by atoms with E-state index in [1.807, 2.05) is 66.7 Å². The largest absolute Gasteiger partial charge is 0.357 e. The Labute approximate surface area is 179 Å². The number of nitrogens with one attached hydrogen (secondary N) is 2. The molecule has 4 aromatic rings. The van der Waals surface area contributed by atoms with Crippen LogP contribution in [0.5, 0.6) is 0 Å². The van der Waals surface area contributed by atoms with Gasteiger partial charge in [0.25, 0.3) is 5.91 Å². The molecule has 150 valence electrons. The Balaban J connectivity index is 1.72. The molecule has 6 heteroatoms. The van der Waals surface area contributed by atoms with E-state index in [2.05, 4.69) is 33.6 Å². The number of aromatic nitrogens is 2. The Morgan fingerprint density at radius 1 is 0.967 bits per heavy atom. The Morgan fingerprint density at radius 2 is 1.70 bits per heavy atom. The van der Waals surface area contributed by atoms with Crippen LogP contribution >= 0.6 is 11.3 Å². The molecule has 3 heterocycles. The quantitative estimate of drug-likeness (QED) is 0.416. The van der Waals surface area contributed by atoms with E-state index in [1.54, 1.807) is 23.7 Å². The highest BCUT2D eigenvalue weighted by Crippen LogP contribution is 2.37. The number of aryl methyl sites for hydroxylation is 1. The number of hydrogen-bond acceptors (Lipinski definition) is 5. The lowest BCUT2D eigenvalue weighted by atomic mass is 10.0. The first-order valence-electron chi connectivity index (χ1n) is 9.82. The van der Waals surface area contributed by atoms with Crippen molar-refractivity contribution in [2.24, 2.45) is 0 Å². The Morgan fingerprint density at radius 3 is 2.37 bits per heavy atom. The van der Waals surface area contributed by atoms with Gasteiger partial charge in [-0.15, -0.1) is 11.3 Å². The van der Waals surface area contributed by atoms with Crippen molar-refractivity contribution >= 4 is 28.1 Å². The average Bonchev–Trinajstić information content (AvgIpc) is 3.22. The first-order chi connectivity index (χ1) is 14.7. The maximum Gasteiger partial charge on any atom is 0.256 e. The average molecular weight is 415 g/mol. The number of carbonyl (C=O) groups is 1. The molecular weight excluding hydrogens is 392 g/mol. The van der Waals surface area contributed by atoms with Crippen molar-refractivity contribution in [3.8, 4) is 0 Å². The second kappa shape index (κ2) is 9.33. The molecule has 0 radical (unpaired) electrons. The first kappa shape index (κ1) is 19.8. The summed E-state index contributed by atoms with van der Waals surface area (Å²) < 4.78 is 0. The van der Waals surface area contributed by atoms with Gasteiger partial charge in [-0.25, -0.2) is 4.98 Å². The fourth-order valence-corrected chi connectivity index (χ4v) is 4.19.